The maximum atomic E-state index is 12.5. The van der Waals surface area contributed by atoms with Crippen molar-refractivity contribution < 1.29 is 4.79 Å². The zero-order valence-corrected chi connectivity index (χ0v) is 14.2. The summed E-state index contributed by atoms with van der Waals surface area (Å²) >= 11 is 0. The number of hydrogen-bond acceptors (Lipinski definition) is 2. The van der Waals surface area contributed by atoms with Crippen LogP contribution in [0.4, 0.5) is 0 Å². The summed E-state index contributed by atoms with van der Waals surface area (Å²) < 4.78 is 0. The van der Waals surface area contributed by atoms with Crippen molar-refractivity contribution in [1.82, 2.24) is 5.32 Å². The smallest absolute Gasteiger partial charge is 0.223 e. The average molecular weight is 322 g/mol. The highest BCUT2D eigenvalue weighted by atomic mass is 16.1. The molecule has 1 fully saturated rings. The third-order valence-electron chi connectivity index (χ3n) is 5.28. The van der Waals surface area contributed by atoms with Gasteiger partial charge in [0, 0.05) is 23.9 Å². The van der Waals surface area contributed by atoms with Gasteiger partial charge in [-0.3, -0.25) is 4.79 Å². The van der Waals surface area contributed by atoms with E-state index < -0.39 is 0 Å². The molecule has 1 aliphatic rings. The van der Waals surface area contributed by atoms with E-state index in [0.29, 0.717) is 6.54 Å². The van der Waals surface area contributed by atoms with E-state index in [9.17, 15) is 4.79 Å². The molecule has 3 heteroatoms. The molecule has 3 rings (SSSR count). The summed E-state index contributed by atoms with van der Waals surface area (Å²) in [6, 6.07) is 20.9. The van der Waals surface area contributed by atoms with Gasteiger partial charge in [0.1, 0.15) is 0 Å². The maximum absolute atomic E-state index is 12.5. The van der Waals surface area contributed by atoms with Gasteiger partial charge in [0.25, 0.3) is 0 Å². The third-order valence-corrected chi connectivity index (χ3v) is 5.28. The SMILES string of the molecule is CC(CNC(=O)[C@@H]1CC[C@H](N)C1)(c1ccccc1)c1ccccc1. The molecular weight excluding hydrogens is 296 g/mol. The lowest BCUT2D eigenvalue weighted by molar-refractivity contribution is -0.125. The quantitative estimate of drug-likeness (QED) is 0.888. The second-order valence-corrected chi connectivity index (χ2v) is 7.05. The molecule has 126 valence electrons. The molecule has 0 bridgehead atoms. The second-order valence-electron chi connectivity index (χ2n) is 7.05. The molecule has 0 radical (unpaired) electrons. The first kappa shape index (κ1) is 16.7. The zero-order chi connectivity index (χ0) is 17.0. The van der Waals surface area contributed by atoms with E-state index >= 15 is 0 Å². The molecule has 1 saturated carbocycles. The van der Waals surface area contributed by atoms with Gasteiger partial charge in [-0.1, -0.05) is 60.7 Å². The van der Waals surface area contributed by atoms with E-state index in [1.165, 1.54) is 11.1 Å². The molecule has 0 aromatic heterocycles. The molecule has 1 aliphatic carbocycles. The van der Waals surface area contributed by atoms with Gasteiger partial charge in [-0.05, 0) is 37.3 Å². The van der Waals surface area contributed by atoms with Gasteiger partial charge in [0.2, 0.25) is 5.91 Å². The van der Waals surface area contributed by atoms with Crippen molar-refractivity contribution in [2.45, 2.75) is 37.6 Å². The van der Waals surface area contributed by atoms with Crippen molar-refractivity contribution >= 4 is 5.91 Å². The number of carbonyl (C=O) groups is 1. The van der Waals surface area contributed by atoms with Crippen LogP contribution in [0.5, 0.6) is 0 Å². The summed E-state index contributed by atoms with van der Waals surface area (Å²) in [6.45, 7) is 2.78. The lowest BCUT2D eigenvalue weighted by Gasteiger charge is -2.32. The van der Waals surface area contributed by atoms with Gasteiger partial charge in [-0.25, -0.2) is 0 Å². The molecule has 24 heavy (non-hydrogen) atoms. The largest absolute Gasteiger partial charge is 0.355 e. The number of hydrogen-bond donors (Lipinski definition) is 2. The van der Waals surface area contributed by atoms with Crippen LogP contribution in [0.15, 0.2) is 60.7 Å². The molecule has 2 aromatic carbocycles. The normalized spacial score (nSPS) is 20.8. The van der Waals surface area contributed by atoms with Crippen molar-refractivity contribution in [3.63, 3.8) is 0 Å². The summed E-state index contributed by atoms with van der Waals surface area (Å²) in [6.07, 6.45) is 2.66. The standard InChI is InChI=1S/C21H26N2O/c1-21(17-8-4-2-5-9-17,18-10-6-3-7-11-18)15-23-20(24)16-12-13-19(22)14-16/h2-11,16,19H,12-15,22H2,1H3,(H,23,24)/t16-,19+/m1/s1. The van der Waals surface area contributed by atoms with Crippen molar-refractivity contribution in [3.05, 3.63) is 71.8 Å². The van der Waals surface area contributed by atoms with Gasteiger partial charge in [0.05, 0.1) is 0 Å². The molecule has 2 atom stereocenters. The highest BCUT2D eigenvalue weighted by Crippen LogP contribution is 2.32. The predicted octanol–water partition coefficient (Wildman–Crippen LogP) is 3.24. The van der Waals surface area contributed by atoms with Gasteiger partial charge in [0.15, 0.2) is 0 Å². The summed E-state index contributed by atoms with van der Waals surface area (Å²) in [7, 11) is 0. The van der Waals surface area contributed by atoms with Crippen LogP contribution < -0.4 is 11.1 Å². The zero-order valence-electron chi connectivity index (χ0n) is 14.2. The van der Waals surface area contributed by atoms with Crippen LogP contribution in [0.25, 0.3) is 0 Å². The summed E-state index contributed by atoms with van der Waals surface area (Å²) in [4.78, 5) is 12.5. The Morgan fingerprint density at radius 2 is 1.58 bits per heavy atom. The van der Waals surface area contributed by atoms with Crippen LogP contribution in [0.1, 0.15) is 37.3 Å². The first-order valence-corrected chi connectivity index (χ1v) is 8.74. The number of nitrogens with one attached hydrogen (secondary N) is 1. The van der Waals surface area contributed by atoms with Crippen molar-refractivity contribution in [2.75, 3.05) is 6.54 Å². The van der Waals surface area contributed by atoms with E-state index in [0.717, 1.165) is 19.3 Å². The van der Waals surface area contributed by atoms with E-state index in [4.69, 9.17) is 5.73 Å². The minimum Gasteiger partial charge on any atom is -0.355 e. The summed E-state index contributed by atoms with van der Waals surface area (Å²) in [5.74, 6) is 0.205. The van der Waals surface area contributed by atoms with E-state index in [-0.39, 0.29) is 23.3 Å². The maximum Gasteiger partial charge on any atom is 0.223 e. The highest BCUT2D eigenvalue weighted by Gasteiger charge is 2.32. The minimum absolute atomic E-state index is 0.0656. The Labute approximate surface area is 144 Å². The van der Waals surface area contributed by atoms with Crippen LogP contribution in [-0.4, -0.2) is 18.5 Å². The van der Waals surface area contributed by atoms with Gasteiger partial charge < -0.3 is 11.1 Å². The molecule has 0 saturated heterocycles. The fourth-order valence-electron chi connectivity index (χ4n) is 3.65. The Balaban J connectivity index is 1.80. The van der Waals surface area contributed by atoms with Crippen LogP contribution in [-0.2, 0) is 10.2 Å². The minimum atomic E-state index is -0.251. The van der Waals surface area contributed by atoms with E-state index in [1.54, 1.807) is 0 Å². The lowest BCUT2D eigenvalue weighted by atomic mass is 9.76. The highest BCUT2D eigenvalue weighted by molar-refractivity contribution is 5.79. The molecule has 0 unspecified atom stereocenters. The number of amides is 1. The van der Waals surface area contributed by atoms with Crippen LogP contribution >= 0.6 is 0 Å². The molecule has 2 aromatic rings. The van der Waals surface area contributed by atoms with Crippen LogP contribution in [0.2, 0.25) is 0 Å². The molecule has 1 amide bonds. The van der Waals surface area contributed by atoms with Gasteiger partial charge in [-0.2, -0.15) is 0 Å². The van der Waals surface area contributed by atoms with Gasteiger partial charge >= 0.3 is 0 Å². The molecule has 3 N–H and O–H groups in total. The predicted molar refractivity (Wildman–Crippen MR) is 97.7 cm³/mol. The summed E-state index contributed by atoms with van der Waals surface area (Å²) in [5, 5.41) is 3.19. The van der Waals surface area contributed by atoms with Crippen molar-refractivity contribution in [3.8, 4) is 0 Å². The molecular formula is C21H26N2O. The topological polar surface area (TPSA) is 55.1 Å². The Kier molecular flexibility index (Phi) is 5.00. The Bertz CT molecular complexity index is 629. The average Bonchev–Trinajstić information content (AvgIpc) is 3.07. The fourth-order valence-corrected chi connectivity index (χ4v) is 3.65. The van der Waals surface area contributed by atoms with Crippen molar-refractivity contribution in [2.24, 2.45) is 11.7 Å². The number of nitrogens with two attached hydrogens (primary N) is 1. The first-order valence-electron chi connectivity index (χ1n) is 8.74. The fraction of sp³-hybridized carbons (Fsp3) is 0.381. The second kappa shape index (κ2) is 7.18. The van der Waals surface area contributed by atoms with Crippen molar-refractivity contribution in [1.29, 1.82) is 0 Å². The molecule has 0 spiro atoms. The molecule has 0 heterocycles. The number of benzene rings is 2. The van der Waals surface area contributed by atoms with Crippen LogP contribution in [0, 0.1) is 5.92 Å². The summed E-state index contributed by atoms with van der Waals surface area (Å²) in [5.41, 5.74) is 8.11. The third kappa shape index (κ3) is 3.51. The Morgan fingerprint density at radius 3 is 2.04 bits per heavy atom. The Morgan fingerprint density at radius 1 is 1.04 bits per heavy atom. The Hall–Kier alpha value is -2.13. The van der Waals surface area contributed by atoms with E-state index in [1.807, 2.05) is 36.4 Å². The van der Waals surface area contributed by atoms with Crippen LogP contribution in [0.3, 0.4) is 0 Å². The number of carbonyl (C=O) groups excluding carboxylic acids is 1. The molecule has 3 nitrogen and oxygen atoms in total. The molecule has 0 aliphatic heterocycles. The number of rotatable bonds is 5. The first-order chi connectivity index (χ1) is 11.6. The monoisotopic (exact) mass is 322 g/mol. The lowest BCUT2D eigenvalue weighted by Crippen LogP contribution is -2.41. The van der Waals surface area contributed by atoms with Gasteiger partial charge in [-0.15, -0.1) is 0 Å². The van der Waals surface area contributed by atoms with E-state index in [2.05, 4.69) is 36.5 Å².